The lowest BCUT2D eigenvalue weighted by molar-refractivity contribution is 0.704. The predicted octanol–water partition coefficient (Wildman–Crippen LogP) is 10.3. The molecule has 0 heterocycles. The quantitative estimate of drug-likeness (QED) is 0.154. The normalized spacial score (nSPS) is 14.2. The van der Waals surface area contributed by atoms with Gasteiger partial charge in [-0.1, -0.05) is 136 Å². The second-order valence-electron chi connectivity index (χ2n) is 11.9. The Hall–Kier alpha value is -4.80. The van der Waals surface area contributed by atoms with E-state index in [1.54, 1.807) is 6.08 Å². The lowest BCUT2D eigenvalue weighted by atomic mass is 9.60. The third-order valence-electron chi connectivity index (χ3n) is 9.14. The van der Waals surface area contributed by atoms with Crippen molar-refractivity contribution in [1.29, 1.82) is 0 Å². The molecule has 4 aromatic carbocycles. The van der Waals surface area contributed by atoms with E-state index < -0.39 is 0 Å². The predicted molar refractivity (Wildman–Crippen MR) is 190 cm³/mol. The molecule has 1 heteroatoms. The van der Waals surface area contributed by atoms with E-state index in [2.05, 4.69) is 149 Å². The molecule has 44 heavy (non-hydrogen) atoms. The van der Waals surface area contributed by atoms with Crippen molar-refractivity contribution >= 4 is 5.57 Å². The first-order valence-corrected chi connectivity index (χ1v) is 15.6. The molecule has 1 nitrogen and oxygen atoms in total. The molecule has 0 aromatic heterocycles. The highest BCUT2D eigenvalue weighted by Gasteiger charge is 2.50. The van der Waals surface area contributed by atoms with Crippen LogP contribution in [0.25, 0.3) is 16.7 Å². The summed E-state index contributed by atoms with van der Waals surface area (Å²) in [6.45, 7) is 12.3. The summed E-state index contributed by atoms with van der Waals surface area (Å²) in [6, 6.07) is 34.0. The Bertz CT molecular complexity index is 1770. The van der Waals surface area contributed by atoms with Gasteiger partial charge >= 0.3 is 0 Å². The zero-order valence-electron chi connectivity index (χ0n) is 26.7. The maximum Gasteiger partial charge on any atom is 0.0724 e. The first kappa shape index (κ1) is 30.7. The molecule has 0 unspecified atom stereocenters. The van der Waals surface area contributed by atoms with Gasteiger partial charge in [0.15, 0.2) is 0 Å². The molecule has 0 bridgehead atoms. The van der Waals surface area contributed by atoms with Crippen LogP contribution in [0.2, 0.25) is 0 Å². The van der Waals surface area contributed by atoms with Gasteiger partial charge in [0.2, 0.25) is 0 Å². The van der Waals surface area contributed by atoms with Crippen LogP contribution in [0.3, 0.4) is 0 Å². The highest BCUT2D eigenvalue weighted by molar-refractivity contribution is 5.92. The van der Waals surface area contributed by atoms with Gasteiger partial charge in [-0.2, -0.15) is 0 Å². The minimum atomic E-state index is -0.337. The molecule has 2 aliphatic carbocycles. The molecule has 220 valence electrons. The van der Waals surface area contributed by atoms with Crippen molar-refractivity contribution in [2.75, 3.05) is 7.05 Å². The van der Waals surface area contributed by atoms with Crippen molar-refractivity contribution in [2.45, 2.75) is 46.0 Å². The standard InChI is InChI=1S/C37H30.C6H13N/c1-4-6-14-27(5-2)24-23-26(3)30-18-13-19-32-31-17-9-12-22-35(31)37(36(30)32)33-20-10-7-15-28(33)25-29-16-8-11-21-34(29)37;1-5(2)6(3)7-4/h1,5-23H,24-25H2,2-3H3;5,7H,3H2,1-2,4H3/b14-6-,26-23+,27-5+;. The summed E-state index contributed by atoms with van der Waals surface area (Å²) < 4.78 is 0. The molecule has 2 aliphatic rings. The van der Waals surface area contributed by atoms with Crippen molar-refractivity contribution in [3.8, 4) is 23.5 Å². The van der Waals surface area contributed by atoms with Gasteiger partial charge in [-0.15, -0.1) is 6.42 Å². The molecule has 1 N–H and O–H groups in total. The fourth-order valence-corrected chi connectivity index (χ4v) is 6.79. The van der Waals surface area contributed by atoms with Gasteiger partial charge in [0.05, 0.1) is 5.41 Å². The van der Waals surface area contributed by atoms with Crippen LogP contribution in [-0.4, -0.2) is 7.05 Å². The minimum absolute atomic E-state index is 0.337. The molecular formula is C43H43N. The molecule has 0 fully saturated rings. The molecule has 0 radical (unpaired) electrons. The highest BCUT2D eigenvalue weighted by atomic mass is 14.8. The molecule has 0 atom stereocenters. The number of hydrogen-bond donors (Lipinski definition) is 1. The SMILES string of the molecule is C#C/C=C\C(=C/C)C/C=C(\C)c1cccc2c1C1(c3ccccc3Cc3ccccc31)c1ccccc1-2.C=C(NC)C(C)C. The molecule has 0 saturated carbocycles. The van der Waals surface area contributed by atoms with Gasteiger partial charge in [-0.25, -0.2) is 0 Å². The third-order valence-corrected chi connectivity index (χ3v) is 9.14. The molecule has 6 rings (SSSR count). The average molecular weight is 574 g/mol. The van der Waals surface area contributed by atoms with Gasteiger partial charge in [-0.05, 0) is 99.9 Å². The van der Waals surface area contributed by atoms with Crippen LogP contribution in [0, 0.1) is 18.3 Å². The summed E-state index contributed by atoms with van der Waals surface area (Å²) in [4.78, 5) is 0. The number of rotatable bonds is 6. The van der Waals surface area contributed by atoms with Crippen LogP contribution in [0.15, 0.2) is 133 Å². The molecule has 0 aliphatic heterocycles. The molecular weight excluding hydrogens is 530 g/mol. The first-order chi connectivity index (χ1) is 21.4. The van der Waals surface area contributed by atoms with Crippen LogP contribution in [0.1, 0.15) is 73.1 Å². The largest absolute Gasteiger partial charge is 0.392 e. The number of terminal acetylenes is 1. The smallest absolute Gasteiger partial charge is 0.0724 e. The summed E-state index contributed by atoms with van der Waals surface area (Å²) in [7, 11) is 1.89. The Morgan fingerprint density at radius 1 is 0.886 bits per heavy atom. The van der Waals surface area contributed by atoms with E-state index in [0.29, 0.717) is 5.92 Å². The zero-order chi connectivity index (χ0) is 31.3. The van der Waals surface area contributed by atoms with Crippen molar-refractivity contribution in [3.63, 3.8) is 0 Å². The van der Waals surface area contributed by atoms with Crippen molar-refractivity contribution in [1.82, 2.24) is 5.32 Å². The fourth-order valence-electron chi connectivity index (χ4n) is 6.79. The first-order valence-electron chi connectivity index (χ1n) is 15.6. The van der Waals surface area contributed by atoms with Crippen molar-refractivity contribution < 1.29 is 0 Å². The molecule has 4 aromatic rings. The van der Waals surface area contributed by atoms with E-state index in [1.165, 1.54) is 61.2 Å². The van der Waals surface area contributed by atoms with E-state index >= 15 is 0 Å². The van der Waals surface area contributed by atoms with Gasteiger partial charge in [0, 0.05) is 12.7 Å². The summed E-state index contributed by atoms with van der Waals surface area (Å²) in [5.41, 5.74) is 15.7. The summed E-state index contributed by atoms with van der Waals surface area (Å²) in [5.74, 6) is 3.17. The summed E-state index contributed by atoms with van der Waals surface area (Å²) >= 11 is 0. The van der Waals surface area contributed by atoms with Gasteiger partial charge < -0.3 is 5.32 Å². The molecule has 1 spiro atoms. The van der Waals surface area contributed by atoms with Crippen molar-refractivity contribution in [2.24, 2.45) is 5.92 Å². The number of fused-ring (bicyclic) bond motifs is 9. The summed E-state index contributed by atoms with van der Waals surface area (Å²) in [6.07, 6.45) is 15.6. The van der Waals surface area contributed by atoms with Gasteiger partial charge in [-0.3, -0.25) is 0 Å². The third kappa shape index (κ3) is 5.38. The van der Waals surface area contributed by atoms with Crippen LogP contribution in [0.4, 0.5) is 0 Å². The maximum atomic E-state index is 5.46. The number of allylic oxidation sites excluding steroid dienone is 7. The fraction of sp³-hybridized carbons (Fsp3) is 0.209. The summed E-state index contributed by atoms with van der Waals surface area (Å²) in [5, 5.41) is 2.97. The van der Waals surface area contributed by atoms with E-state index in [0.717, 1.165) is 18.5 Å². The van der Waals surface area contributed by atoms with Crippen LogP contribution < -0.4 is 5.32 Å². The number of nitrogens with one attached hydrogen (secondary N) is 1. The van der Waals surface area contributed by atoms with Gasteiger partial charge in [0.1, 0.15) is 0 Å². The van der Waals surface area contributed by atoms with Crippen LogP contribution in [-0.2, 0) is 11.8 Å². The Kier molecular flexibility index (Phi) is 9.22. The van der Waals surface area contributed by atoms with Gasteiger partial charge in [0.25, 0.3) is 0 Å². The number of hydrogen-bond acceptors (Lipinski definition) is 1. The Labute approximate surface area is 264 Å². The lowest BCUT2D eigenvalue weighted by Gasteiger charge is -2.41. The Morgan fingerprint density at radius 2 is 1.48 bits per heavy atom. The molecule has 0 amide bonds. The van der Waals surface area contributed by atoms with E-state index in [-0.39, 0.29) is 5.41 Å². The average Bonchev–Trinajstić information content (AvgIpc) is 3.35. The second-order valence-corrected chi connectivity index (χ2v) is 11.9. The maximum absolute atomic E-state index is 5.46. The van der Waals surface area contributed by atoms with Crippen molar-refractivity contribution in [3.05, 3.63) is 172 Å². The Morgan fingerprint density at radius 3 is 2.05 bits per heavy atom. The zero-order valence-corrected chi connectivity index (χ0v) is 26.7. The van der Waals surface area contributed by atoms with E-state index in [4.69, 9.17) is 6.42 Å². The minimum Gasteiger partial charge on any atom is -0.392 e. The number of benzene rings is 4. The topological polar surface area (TPSA) is 12.0 Å². The van der Waals surface area contributed by atoms with E-state index in [9.17, 15) is 0 Å². The van der Waals surface area contributed by atoms with Crippen LogP contribution in [0.5, 0.6) is 0 Å². The highest BCUT2D eigenvalue weighted by Crippen LogP contribution is 2.60. The molecule has 0 saturated heterocycles. The van der Waals surface area contributed by atoms with E-state index in [1.807, 2.05) is 13.1 Å². The second kappa shape index (κ2) is 13.2. The Balaban J connectivity index is 0.000000493. The van der Waals surface area contributed by atoms with Crippen LogP contribution >= 0.6 is 0 Å². The lowest BCUT2D eigenvalue weighted by Crippen LogP contribution is -2.35. The monoisotopic (exact) mass is 573 g/mol.